The van der Waals surface area contributed by atoms with Crippen molar-refractivity contribution in [3.05, 3.63) is 27.1 Å². The molecule has 0 unspecified atom stereocenters. The highest BCUT2D eigenvalue weighted by atomic mass is 32.1. The van der Waals surface area contributed by atoms with E-state index >= 15 is 0 Å². The Morgan fingerprint density at radius 2 is 2.33 bits per heavy atom. The van der Waals surface area contributed by atoms with Crippen molar-refractivity contribution in [2.45, 2.75) is 32.4 Å². The van der Waals surface area contributed by atoms with Crippen LogP contribution in [0.3, 0.4) is 0 Å². The van der Waals surface area contributed by atoms with Gasteiger partial charge in [0.1, 0.15) is 10.5 Å². The minimum Gasteiger partial charge on any atom is -0.358 e. The zero-order valence-corrected chi connectivity index (χ0v) is 12.9. The number of aryl methyl sites for hydroxylation is 1. The Hall–Kier alpha value is -1.73. The fourth-order valence-electron chi connectivity index (χ4n) is 2.39. The van der Waals surface area contributed by atoms with Crippen molar-refractivity contribution in [3.8, 4) is 0 Å². The van der Waals surface area contributed by atoms with Crippen LogP contribution in [0, 0.1) is 6.92 Å². The number of carbonyl (C=O) groups is 1. The summed E-state index contributed by atoms with van der Waals surface area (Å²) >= 11 is 1.46. The molecule has 1 aliphatic carbocycles. The van der Waals surface area contributed by atoms with Gasteiger partial charge in [0.25, 0.3) is 5.56 Å². The number of nitrogens with zero attached hydrogens (tertiary/aromatic N) is 2. The third-order valence-corrected chi connectivity index (χ3v) is 4.64. The topological polar surface area (TPSA) is 78.1 Å². The molecule has 0 aliphatic heterocycles. The van der Waals surface area contributed by atoms with Gasteiger partial charge in [0, 0.05) is 18.0 Å². The molecule has 6 nitrogen and oxygen atoms in total. The summed E-state index contributed by atoms with van der Waals surface area (Å²) < 4.78 is 0.667. The highest BCUT2D eigenvalue weighted by molar-refractivity contribution is 7.18. The first-order valence-electron chi connectivity index (χ1n) is 7.01. The van der Waals surface area contributed by atoms with Crippen molar-refractivity contribution in [2.24, 2.45) is 0 Å². The first-order valence-corrected chi connectivity index (χ1v) is 7.82. The monoisotopic (exact) mass is 306 g/mol. The van der Waals surface area contributed by atoms with Gasteiger partial charge in [-0.05, 0) is 25.8 Å². The normalized spacial score (nSPS) is 14.8. The zero-order chi connectivity index (χ0) is 15.0. The number of aromatic amines is 1. The van der Waals surface area contributed by atoms with Crippen molar-refractivity contribution >= 4 is 27.5 Å². The van der Waals surface area contributed by atoms with Gasteiger partial charge < -0.3 is 10.3 Å². The maximum atomic E-state index is 12.1. The van der Waals surface area contributed by atoms with Gasteiger partial charge in [-0.1, -0.05) is 0 Å². The Labute approximate surface area is 126 Å². The molecule has 1 saturated carbocycles. The van der Waals surface area contributed by atoms with Crippen LogP contribution in [0.2, 0.25) is 0 Å². The van der Waals surface area contributed by atoms with Gasteiger partial charge in [0.05, 0.1) is 18.6 Å². The van der Waals surface area contributed by atoms with Gasteiger partial charge in [-0.2, -0.15) is 0 Å². The highest BCUT2D eigenvalue weighted by Gasteiger charge is 2.30. The molecule has 2 N–H and O–H groups in total. The predicted octanol–water partition coefficient (Wildman–Crippen LogP) is 1.00. The molecule has 0 bridgehead atoms. The molecular formula is C14H18N4O2S. The van der Waals surface area contributed by atoms with Crippen LogP contribution >= 0.6 is 11.3 Å². The van der Waals surface area contributed by atoms with E-state index in [1.807, 2.05) is 13.0 Å². The third-order valence-electron chi connectivity index (χ3n) is 3.60. The van der Waals surface area contributed by atoms with Crippen molar-refractivity contribution in [1.82, 2.24) is 20.2 Å². The number of rotatable bonds is 5. The van der Waals surface area contributed by atoms with Gasteiger partial charge >= 0.3 is 0 Å². The summed E-state index contributed by atoms with van der Waals surface area (Å²) in [5.41, 5.74) is 0.649. The first kappa shape index (κ1) is 14.2. The van der Waals surface area contributed by atoms with Crippen LogP contribution in [-0.2, 0) is 11.3 Å². The van der Waals surface area contributed by atoms with Crippen molar-refractivity contribution in [2.75, 3.05) is 13.6 Å². The smallest absolute Gasteiger partial charge is 0.268 e. The average Bonchev–Trinajstić information content (AvgIpc) is 3.20. The third kappa shape index (κ3) is 3.14. The summed E-state index contributed by atoms with van der Waals surface area (Å²) in [6.07, 6.45) is 2.20. The van der Waals surface area contributed by atoms with E-state index in [4.69, 9.17) is 0 Å². The number of carbonyl (C=O) groups excluding carboxylic acids is 1. The molecule has 21 heavy (non-hydrogen) atoms. The molecular weight excluding hydrogens is 288 g/mol. The Morgan fingerprint density at radius 3 is 3.00 bits per heavy atom. The molecule has 0 atom stereocenters. The maximum Gasteiger partial charge on any atom is 0.268 e. The Balaban J connectivity index is 1.85. The number of aromatic nitrogens is 2. The van der Waals surface area contributed by atoms with Crippen LogP contribution in [-0.4, -0.2) is 40.4 Å². The Kier molecular flexibility index (Phi) is 3.77. The molecule has 2 heterocycles. The first-order chi connectivity index (χ1) is 10.1. The number of amides is 1. The van der Waals surface area contributed by atoms with Gasteiger partial charge in [0.15, 0.2) is 0 Å². The quantitative estimate of drug-likeness (QED) is 0.864. The number of fused-ring (bicyclic) bond motifs is 1. The van der Waals surface area contributed by atoms with E-state index in [9.17, 15) is 9.59 Å². The lowest BCUT2D eigenvalue weighted by atomic mass is 10.3. The standard InChI is InChI=1S/C14H18N4O2S/c1-8-5-10-13(21-8)14(20)17-11(16-10)6-18(9-3-4-9)7-12(19)15-2/h5,9H,3-4,6-7H2,1-2H3,(H,15,19)(H,16,17,20). The lowest BCUT2D eigenvalue weighted by molar-refractivity contribution is -0.122. The maximum absolute atomic E-state index is 12.1. The second kappa shape index (κ2) is 5.57. The molecule has 0 aromatic carbocycles. The number of hydrogen-bond acceptors (Lipinski definition) is 5. The van der Waals surface area contributed by atoms with Crippen LogP contribution in [0.25, 0.3) is 10.2 Å². The molecule has 1 fully saturated rings. The number of likely N-dealkylation sites (N-methyl/N-ethyl adjacent to an activating group) is 1. The molecule has 1 aliphatic rings. The zero-order valence-electron chi connectivity index (χ0n) is 12.1. The van der Waals surface area contributed by atoms with Crippen LogP contribution in [0.1, 0.15) is 23.5 Å². The van der Waals surface area contributed by atoms with Crippen molar-refractivity contribution in [3.63, 3.8) is 0 Å². The molecule has 112 valence electrons. The van der Waals surface area contributed by atoms with E-state index in [-0.39, 0.29) is 11.5 Å². The molecule has 0 saturated heterocycles. The molecule has 2 aromatic rings. The SMILES string of the molecule is CNC(=O)CN(Cc1nc2cc(C)sc2c(=O)[nH]1)C1CC1. The molecule has 3 rings (SSSR count). The van der Waals surface area contributed by atoms with E-state index in [1.54, 1.807) is 7.05 Å². The second-order valence-corrected chi connectivity index (χ2v) is 6.65. The minimum absolute atomic E-state index is 0.0169. The predicted molar refractivity (Wildman–Crippen MR) is 82.5 cm³/mol. The van der Waals surface area contributed by atoms with Gasteiger partial charge in [-0.25, -0.2) is 4.98 Å². The van der Waals surface area contributed by atoms with Crippen molar-refractivity contribution in [1.29, 1.82) is 0 Å². The number of thiophene rings is 1. The fourth-order valence-corrected chi connectivity index (χ4v) is 3.24. The summed E-state index contributed by atoms with van der Waals surface area (Å²) in [4.78, 5) is 34.2. The van der Waals surface area contributed by atoms with Gasteiger partial charge in [0.2, 0.25) is 5.91 Å². The summed E-state index contributed by atoms with van der Waals surface area (Å²) in [5, 5.41) is 2.64. The second-order valence-electron chi connectivity index (χ2n) is 5.39. The lowest BCUT2D eigenvalue weighted by Crippen LogP contribution is -2.37. The molecule has 0 spiro atoms. The highest BCUT2D eigenvalue weighted by Crippen LogP contribution is 2.27. The summed E-state index contributed by atoms with van der Waals surface area (Å²) in [5.74, 6) is 0.609. The summed E-state index contributed by atoms with van der Waals surface area (Å²) in [6, 6.07) is 2.35. The van der Waals surface area contributed by atoms with Gasteiger partial charge in [-0.3, -0.25) is 14.5 Å². The number of hydrogen-bond donors (Lipinski definition) is 2. The molecule has 7 heteroatoms. The fraction of sp³-hybridized carbons (Fsp3) is 0.500. The van der Waals surface area contributed by atoms with Crippen LogP contribution in [0.5, 0.6) is 0 Å². The largest absolute Gasteiger partial charge is 0.358 e. The summed E-state index contributed by atoms with van der Waals surface area (Å²) in [6.45, 7) is 2.80. The van der Waals surface area contributed by atoms with Gasteiger partial charge in [-0.15, -0.1) is 11.3 Å². The molecule has 0 radical (unpaired) electrons. The summed E-state index contributed by atoms with van der Waals surface area (Å²) in [7, 11) is 1.63. The van der Waals surface area contributed by atoms with Crippen LogP contribution in [0.15, 0.2) is 10.9 Å². The van der Waals surface area contributed by atoms with E-state index < -0.39 is 0 Å². The molecule has 1 amide bonds. The average molecular weight is 306 g/mol. The van der Waals surface area contributed by atoms with Crippen molar-refractivity contribution < 1.29 is 4.79 Å². The van der Waals surface area contributed by atoms with Crippen LogP contribution in [0.4, 0.5) is 0 Å². The van der Waals surface area contributed by atoms with E-state index in [0.717, 1.165) is 23.2 Å². The molecule has 2 aromatic heterocycles. The Bertz CT molecular complexity index is 732. The lowest BCUT2D eigenvalue weighted by Gasteiger charge is -2.20. The Morgan fingerprint density at radius 1 is 1.57 bits per heavy atom. The van der Waals surface area contributed by atoms with E-state index in [1.165, 1.54) is 11.3 Å². The number of nitrogens with one attached hydrogen (secondary N) is 2. The van der Waals surface area contributed by atoms with E-state index in [2.05, 4.69) is 20.2 Å². The minimum atomic E-state index is -0.0937. The van der Waals surface area contributed by atoms with Crippen LogP contribution < -0.4 is 10.9 Å². The van der Waals surface area contributed by atoms with E-state index in [0.29, 0.717) is 29.7 Å². The number of H-pyrrole nitrogens is 1.